The van der Waals surface area contributed by atoms with Gasteiger partial charge in [0.1, 0.15) is 0 Å². The van der Waals surface area contributed by atoms with E-state index in [1.165, 1.54) is 4.57 Å². The third-order valence-corrected chi connectivity index (χ3v) is 20.2. The molecule has 13 aromatic carbocycles. The maximum absolute atomic E-state index is 9.44. The number of para-hydroxylation sites is 4. The van der Waals surface area contributed by atoms with Gasteiger partial charge in [0.25, 0.3) is 0 Å². The van der Waals surface area contributed by atoms with Gasteiger partial charge in [0.05, 0.1) is 55.0 Å². The Bertz CT molecular complexity index is 5740. The van der Waals surface area contributed by atoms with Crippen LogP contribution in [0.5, 0.6) is 0 Å². The highest BCUT2D eigenvalue weighted by atomic mass is 28.3. The number of nitrogens with zero attached hydrogens (tertiary/aromatic N) is 3. The van der Waals surface area contributed by atoms with Crippen LogP contribution in [0.2, 0.25) is 0 Å². The molecule has 0 spiro atoms. The van der Waals surface area contributed by atoms with Crippen molar-refractivity contribution in [2.24, 2.45) is 0 Å². The molecule has 0 bridgehead atoms. The van der Waals surface area contributed by atoms with Gasteiger partial charge in [0.2, 0.25) is 0 Å². The fourth-order valence-corrected chi connectivity index (χ4v) is 17.1. The quantitative estimate of drug-likeness (QED) is 0.0859. The number of rotatable bonds is 7. The minimum Gasteiger partial charge on any atom is -0.309 e. The van der Waals surface area contributed by atoms with Crippen LogP contribution in [0.25, 0.3) is 115 Å². The maximum Gasteiger partial charge on any atom is 0.179 e. The predicted molar refractivity (Wildman–Crippen MR) is 326 cm³/mol. The average molecular weight is 998 g/mol. The number of benzene rings is 13. The lowest BCUT2D eigenvalue weighted by Crippen LogP contribution is -2.74. The molecule has 3 aromatic heterocycles. The minimum atomic E-state index is -3.55. The molecule has 0 N–H and O–H groups in total. The first-order valence-electron chi connectivity index (χ1n) is 33.0. The fraction of sp³-hybridized carbons (Fsp3) is 0. The summed E-state index contributed by atoms with van der Waals surface area (Å²) >= 11 is 0. The lowest BCUT2D eigenvalue weighted by Gasteiger charge is -2.35. The maximum atomic E-state index is 9.44. The normalized spacial score (nSPS) is 15.2. The van der Waals surface area contributed by atoms with Gasteiger partial charge in [0.15, 0.2) is 8.07 Å². The Morgan fingerprint density at radius 1 is 0.237 bits per heavy atom. The third-order valence-electron chi connectivity index (χ3n) is 15.5. The Kier molecular flexibility index (Phi) is 6.53. The van der Waals surface area contributed by atoms with Crippen LogP contribution in [-0.4, -0.2) is 21.8 Å². The molecule has 0 atom stereocenters. The molecule has 3 nitrogen and oxygen atoms in total. The van der Waals surface area contributed by atoms with Crippen LogP contribution >= 0.6 is 0 Å². The van der Waals surface area contributed by atoms with Gasteiger partial charge in [-0.05, 0) is 114 Å². The highest BCUT2D eigenvalue weighted by Gasteiger charge is 2.42. The second-order valence-electron chi connectivity index (χ2n) is 19.2. The Hall–Kier alpha value is -9.74. The van der Waals surface area contributed by atoms with Gasteiger partial charge >= 0.3 is 0 Å². The number of fused-ring (bicyclic) bond motifs is 16. The van der Waals surface area contributed by atoms with Crippen molar-refractivity contribution in [3.05, 3.63) is 285 Å². The van der Waals surface area contributed by atoms with Gasteiger partial charge in [-0.2, -0.15) is 0 Å². The Morgan fingerprint density at radius 2 is 0.632 bits per heavy atom. The molecule has 76 heavy (non-hydrogen) atoms. The summed E-state index contributed by atoms with van der Waals surface area (Å²) in [6.07, 6.45) is 0. The Balaban J connectivity index is 1.01. The Morgan fingerprint density at radius 3 is 1.18 bits per heavy atom. The molecular formula is C72H47N3Si. The molecule has 0 fully saturated rings. The summed E-state index contributed by atoms with van der Waals surface area (Å²) in [6, 6.07) is 56.0. The van der Waals surface area contributed by atoms with Gasteiger partial charge in [-0.25, -0.2) is 0 Å². The SMILES string of the molecule is [2H]c1c([2H])c([2H])c2c(c1[2H])c1c([2H])c([2H])c([2H])c([2H])c1n2-c1ccc([Si](c2ccccc2)(c2ccccc2)c2cccc(-n3c4cc(-n5c6c([2H])c([2H])c([2H])c([2H])c6c6c([2H])c([2H])c([2H])c([2H])c65)ccc4c4c5c6ccccc6c6ccccc6c5ccc43)c2)cc1. The van der Waals surface area contributed by atoms with Crippen LogP contribution in [0.1, 0.15) is 21.9 Å². The van der Waals surface area contributed by atoms with Crippen LogP contribution < -0.4 is 20.7 Å². The first-order valence-corrected chi connectivity index (χ1v) is 27.0. The first kappa shape index (κ1) is 29.8. The highest BCUT2D eigenvalue weighted by molar-refractivity contribution is 7.20. The number of hydrogen-bond acceptors (Lipinski definition) is 0. The van der Waals surface area contributed by atoms with Gasteiger partial charge in [-0.15, -0.1) is 0 Å². The lowest BCUT2D eigenvalue weighted by molar-refractivity contribution is 1.16. The summed E-state index contributed by atoms with van der Waals surface area (Å²) in [5.74, 6) is 0. The Labute approximate surface area is 462 Å². The monoisotopic (exact) mass is 997 g/mol. The van der Waals surface area contributed by atoms with Gasteiger partial charge in [0, 0.05) is 54.8 Å². The summed E-state index contributed by atoms with van der Waals surface area (Å²) in [4.78, 5) is 0. The van der Waals surface area contributed by atoms with Crippen LogP contribution in [0.3, 0.4) is 0 Å². The smallest absolute Gasteiger partial charge is 0.179 e. The van der Waals surface area contributed by atoms with Crippen molar-refractivity contribution < 1.29 is 21.9 Å². The van der Waals surface area contributed by atoms with E-state index < -0.39 is 105 Å². The van der Waals surface area contributed by atoms with Crippen molar-refractivity contribution in [2.75, 3.05) is 0 Å². The zero-order valence-electron chi connectivity index (χ0n) is 56.2. The van der Waals surface area contributed by atoms with Crippen molar-refractivity contribution in [1.82, 2.24) is 13.7 Å². The summed E-state index contributed by atoms with van der Waals surface area (Å²) in [7, 11) is -3.55. The van der Waals surface area contributed by atoms with Crippen molar-refractivity contribution in [3.63, 3.8) is 0 Å². The van der Waals surface area contributed by atoms with E-state index in [2.05, 4.69) is 83.4 Å². The average Bonchev–Trinajstić information content (AvgIpc) is 1.50. The molecule has 0 saturated carbocycles. The van der Waals surface area contributed by atoms with Crippen LogP contribution in [-0.2, 0) is 0 Å². The van der Waals surface area contributed by atoms with E-state index in [-0.39, 0.29) is 43.6 Å². The van der Waals surface area contributed by atoms with E-state index in [0.29, 0.717) is 16.9 Å². The largest absolute Gasteiger partial charge is 0.309 e. The molecule has 0 unspecified atom stereocenters. The molecule has 354 valence electrons. The molecule has 4 heteroatoms. The molecule has 0 amide bonds. The second kappa shape index (κ2) is 16.6. The first-order chi connectivity index (χ1) is 44.4. The number of hydrogen-bond donors (Lipinski definition) is 0. The van der Waals surface area contributed by atoms with Gasteiger partial charge in [-0.1, -0.05) is 218 Å². The zero-order chi connectivity index (χ0) is 63.8. The standard InChI is InChI=1S/C72H47N3Si/c1-3-21-51(22-4-1)76(52-23-5-2-6-24-52,53-41-38-48(39-42-53)73-65-34-15-11-29-58(65)59-30-12-16-35-66(59)73)54-25-19-20-49(46-54)75-69-45-44-63-57-28-8-7-26-55(57)56-27-9-10-33-62(56)71(63)72(69)64-43-40-50(47-70(64)75)74-67-36-17-13-31-60(67)61-32-14-18-37-68(61)74/h1-47H/i11D,12D,13D,14D,15D,16D,17D,18D,29D,30D,31D,32D,34D,35D,36D,37D. The molecule has 0 radical (unpaired) electrons. The molecule has 16 rings (SSSR count). The van der Waals surface area contributed by atoms with E-state index in [1.54, 1.807) is 4.57 Å². The molecule has 3 heterocycles. The predicted octanol–water partition coefficient (Wildman–Crippen LogP) is 15.8. The molecule has 0 aliphatic rings. The topological polar surface area (TPSA) is 14.8 Å². The summed E-state index contributed by atoms with van der Waals surface area (Å²) in [5.41, 5.74) is 3.12. The van der Waals surface area contributed by atoms with Crippen molar-refractivity contribution >= 4 is 127 Å². The molecule has 0 saturated heterocycles. The van der Waals surface area contributed by atoms with Crippen LogP contribution in [0.15, 0.2) is 285 Å². The van der Waals surface area contributed by atoms with E-state index in [1.807, 2.05) is 109 Å². The van der Waals surface area contributed by atoms with E-state index in [4.69, 9.17) is 13.7 Å². The second-order valence-corrected chi connectivity index (χ2v) is 23.0. The number of aromatic nitrogens is 3. The van der Waals surface area contributed by atoms with Crippen LogP contribution in [0.4, 0.5) is 0 Å². The lowest BCUT2D eigenvalue weighted by atomic mass is 9.92. The summed E-state index contributed by atoms with van der Waals surface area (Å²) in [5, 5.41) is 11.9. The van der Waals surface area contributed by atoms with Gasteiger partial charge < -0.3 is 13.7 Å². The van der Waals surface area contributed by atoms with Crippen molar-refractivity contribution in [3.8, 4) is 17.1 Å². The summed E-state index contributed by atoms with van der Waals surface area (Å²) < 4.78 is 150. The molecule has 0 aliphatic carbocycles. The molecule has 16 aromatic rings. The molecular weight excluding hydrogens is 935 g/mol. The fourth-order valence-electron chi connectivity index (χ4n) is 12.4. The van der Waals surface area contributed by atoms with Crippen LogP contribution in [0, 0.1) is 0 Å². The third kappa shape index (κ3) is 6.04. The highest BCUT2D eigenvalue weighted by Crippen LogP contribution is 2.44. The van der Waals surface area contributed by atoms with E-state index >= 15 is 0 Å². The van der Waals surface area contributed by atoms with E-state index in [9.17, 15) is 8.22 Å². The van der Waals surface area contributed by atoms with Crippen molar-refractivity contribution in [1.29, 1.82) is 0 Å². The summed E-state index contributed by atoms with van der Waals surface area (Å²) in [6.45, 7) is 0. The zero-order valence-corrected chi connectivity index (χ0v) is 41.2. The minimum absolute atomic E-state index is 0.00409. The van der Waals surface area contributed by atoms with Crippen molar-refractivity contribution in [2.45, 2.75) is 0 Å². The van der Waals surface area contributed by atoms with E-state index in [0.717, 1.165) is 75.0 Å². The van der Waals surface area contributed by atoms with Gasteiger partial charge in [-0.3, -0.25) is 0 Å². The molecule has 0 aliphatic heterocycles.